The number of aryl methyl sites for hydroxylation is 1. The third kappa shape index (κ3) is 3.40. The van der Waals surface area contributed by atoms with Crippen LogP contribution in [-0.2, 0) is 12.6 Å². The van der Waals surface area contributed by atoms with Gasteiger partial charge in [0.2, 0.25) is 0 Å². The maximum absolute atomic E-state index is 12.6. The van der Waals surface area contributed by atoms with Gasteiger partial charge in [0, 0.05) is 12.6 Å². The highest BCUT2D eigenvalue weighted by Crippen LogP contribution is 2.29. The molecule has 0 bridgehead atoms. The summed E-state index contributed by atoms with van der Waals surface area (Å²) in [6.45, 7) is 1.73. The number of halogens is 3. The molecule has 0 aliphatic carbocycles. The largest absolute Gasteiger partial charge is 0.416 e. The molecule has 0 aliphatic rings. The van der Waals surface area contributed by atoms with Crippen molar-refractivity contribution in [1.82, 2.24) is 9.97 Å². The number of carbonyl (C=O) groups is 1. The van der Waals surface area contributed by atoms with Gasteiger partial charge in [-0.2, -0.15) is 13.2 Å². The number of alkyl halides is 3. The van der Waals surface area contributed by atoms with E-state index in [0.717, 1.165) is 12.1 Å². The van der Waals surface area contributed by atoms with Gasteiger partial charge >= 0.3 is 6.18 Å². The summed E-state index contributed by atoms with van der Waals surface area (Å²) in [5.41, 5.74) is 0.346. The molecule has 1 heterocycles. The van der Waals surface area contributed by atoms with Crippen molar-refractivity contribution in [1.29, 1.82) is 0 Å². The van der Waals surface area contributed by atoms with Crippen molar-refractivity contribution >= 4 is 5.78 Å². The molecule has 1 aromatic carbocycles. The van der Waals surface area contributed by atoms with Crippen molar-refractivity contribution in [2.45, 2.75) is 19.5 Å². The Hall–Kier alpha value is -2.24. The average Bonchev–Trinajstić information content (AvgIpc) is 2.38. The number of Topliss-reactive ketones (excluding diaryl/α,β-unsaturated/α-hetero) is 1. The van der Waals surface area contributed by atoms with E-state index in [1.54, 1.807) is 6.92 Å². The van der Waals surface area contributed by atoms with E-state index in [4.69, 9.17) is 0 Å². The first-order chi connectivity index (χ1) is 9.36. The monoisotopic (exact) mass is 280 g/mol. The summed E-state index contributed by atoms with van der Waals surface area (Å²) >= 11 is 0. The molecule has 2 rings (SSSR count). The average molecular weight is 280 g/mol. The minimum atomic E-state index is -4.41. The van der Waals surface area contributed by atoms with Crippen LogP contribution in [0.15, 0.2) is 36.7 Å². The maximum atomic E-state index is 12.6. The first kappa shape index (κ1) is 14.2. The number of aromatic nitrogens is 2. The fourth-order valence-electron chi connectivity index (χ4n) is 1.67. The number of rotatable bonds is 3. The summed E-state index contributed by atoms with van der Waals surface area (Å²) < 4.78 is 37.7. The van der Waals surface area contributed by atoms with Gasteiger partial charge in [0.15, 0.2) is 5.78 Å². The Balaban J connectivity index is 2.18. The smallest absolute Gasteiger partial charge is 0.292 e. The SMILES string of the molecule is Cc1cnc(C(=O)Cc2cccc(C(F)(F)F)c2)cn1. The predicted molar refractivity (Wildman–Crippen MR) is 66.2 cm³/mol. The van der Waals surface area contributed by atoms with Gasteiger partial charge < -0.3 is 0 Å². The van der Waals surface area contributed by atoms with Gasteiger partial charge in [0.25, 0.3) is 0 Å². The third-order valence-electron chi connectivity index (χ3n) is 2.69. The second-order valence-corrected chi connectivity index (χ2v) is 4.34. The zero-order valence-corrected chi connectivity index (χ0v) is 10.6. The number of carbonyl (C=O) groups excluding carboxylic acids is 1. The highest BCUT2D eigenvalue weighted by molar-refractivity contribution is 5.95. The Bertz CT molecular complexity index is 621. The van der Waals surface area contributed by atoms with E-state index in [9.17, 15) is 18.0 Å². The number of nitrogens with zero attached hydrogens (tertiary/aromatic N) is 2. The maximum Gasteiger partial charge on any atom is 0.416 e. The third-order valence-corrected chi connectivity index (χ3v) is 2.69. The predicted octanol–water partition coefficient (Wildman–Crippen LogP) is 3.23. The van der Waals surface area contributed by atoms with Crippen molar-refractivity contribution in [3.05, 3.63) is 59.2 Å². The topological polar surface area (TPSA) is 42.9 Å². The number of benzene rings is 1. The van der Waals surface area contributed by atoms with Gasteiger partial charge in [-0.25, -0.2) is 4.98 Å². The Labute approximate surface area is 113 Å². The van der Waals surface area contributed by atoms with Crippen LogP contribution in [0.1, 0.15) is 27.3 Å². The lowest BCUT2D eigenvalue weighted by Crippen LogP contribution is -2.09. The van der Waals surface area contributed by atoms with Gasteiger partial charge in [-0.3, -0.25) is 9.78 Å². The molecule has 0 aliphatic heterocycles. The van der Waals surface area contributed by atoms with Crippen LogP contribution in [-0.4, -0.2) is 15.8 Å². The summed E-state index contributed by atoms with van der Waals surface area (Å²) in [5, 5.41) is 0. The molecular weight excluding hydrogens is 269 g/mol. The summed E-state index contributed by atoms with van der Waals surface area (Å²) in [6.07, 6.45) is -1.78. The highest BCUT2D eigenvalue weighted by atomic mass is 19.4. The van der Waals surface area contributed by atoms with E-state index in [2.05, 4.69) is 9.97 Å². The number of hydrogen-bond donors (Lipinski definition) is 0. The molecule has 0 amide bonds. The molecular formula is C14H11F3N2O. The molecule has 20 heavy (non-hydrogen) atoms. The molecule has 104 valence electrons. The molecule has 6 heteroatoms. The van der Waals surface area contributed by atoms with Crippen LogP contribution in [0.4, 0.5) is 13.2 Å². The van der Waals surface area contributed by atoms with Crippen LogP contribution in [0.3, 0.4) is 0 Å². The standard InChI is InChI=1S/C14H11F3N2O/c1-9-7-19-12(8-18-9)13(20)6-10-3-2-4-11(5-10)14(15,16)17/h2-5,7-8H,6H2,1H3. The van der Waals surface area contributed by atoms with Crippen LogP contribution in [0.5, 0.6) is 0 Å². The molecule has 0 saturated heterocycles. The lowest BCUT2D eigenvalue weighted by molar-refractivity contribution is -0.137. The first-order valence-electron chi connectivity index (χ1n) is 5.84. The second-order valence-electron chi connectivity index (χ2n) is 4.34. The summed E-state index contributed by atoms with van der Waals surface area (Å²) in [5.74, 6) is -0.364. The van der Waals surface area contributed by atoms with Crippen molar-refractivity contribution < 1.29 is 18.0 Å². The summed E-state index contributed by atoms with van der Waals surface area (Å²) in [6, 6.07) is 4.71. The molecule has 0 N–H and O–H groups in total. The minimum absolute atomic E-state index is 0.137. The molecule has 0 fully saturated rings. The first-order valence-corrected chi connectivity index (χ1v) is 5.84. The van der Waals surface area contributed by atoms with Gasteiger partial charge in [0.05, 0.1) is 17.5 Å². The Morgan fingerprint density at radius 1 is 1.20 bits per heavy atom. The molecule has 3 nitrogen and oxygen atoms in total. The van der Waals surface area contributed by atoms with Gasteiger partial charge in [-0.15, -0.1) is 0 Å². The van der Waals surface area contributed by atoms with Crippen LogP contribution >= 0.6 is 0 Å². The molecule has 0 radical (unpaired) electrons. The quantitative estimate of drug-likeness (QED) is 0.811. The highest BCUT2D eigenvalue weighted by Gasteiger charge is 2.30. The zero-order valence-electron chi connectivity index (χ0n) is 10.6. The van der Waals surface area contributed by atoms with Crippen LogP contribution < -0.4 is 0 Å². The molecule has 0 spiro atoms. The lowest BCUT2D eigenvalue weighted by Gasteiger charge is -2.08. The molecule has 2 aromatic rings. The zero-order chi connectivity index (χ0) is 14.8. The van der Waals surface area contributed by atoms with Crippen molar-refractivity contribution in [2.24, 2.45) is 0 Å². The Kier molecular flexibility index (Phi) is 3.83. The fourth-order valence-corrected chi connectivity index (χ4v) is 1.67. The Morgan fingerprint density at radius 2 is 1.95 bits per heavy atom. The molecule has 1 aromatic heterocycles. The molecule has 0 saturated carbocycles. The van der Waals surface area contributed by atoms with E-state index in [1.807, 2.05) is 0 Å². The minimum Gasteiger partial charge on any atom is -0.292 e. The van der Waals surface area contributed by atoms with Crippen molar-refractivity contribution in [3.63, 3.8) is 0 Å². The van der Waals surface area contributed by atoms with E-state index in [1.165, 1.54) is 24.5 Å². The van der Waals surface area contributed by atoms with Gasteiger partial charge in [-0.1, -0.05) is 18.2 Å². The fraction of sp³-hybridized carbons (Fsp3) is 0.214. The van der Waals surface area contributed by atoms with Gasteiger partial charge in [-0.05, 0) is 18.6 Å². The lowest BCUT2D eigenvalue weighted by atomic mass is 10.0. The van der Waals surface area contributed by atoms with Gasteiger partial charge in [0.1, 0.15) is 5.69 Å². The second kappa shape index (κ2) is 5.40. The van der Waals surface area contributed by atoms with E-state index < -0.39 is 11.7 Å². The van der Waals surface area contributed by atoms with E-state index >= 15 is 0 Å². The molecule has 0 unspecified atom stereocenters. The van der Waals surface area contributed by atoms with Crippen molar-refractivity contribution in [2.75, 3.05) is 0 Å². The van der Waals surface area contributed by atoms with Crippen LogP contribution in [0, 0.1) is 6.92 Å². The Morgan fingerprint density at radius 3 is 2.55 bits per heavy atom. The van der Waals surface area contributed by atoms with Crippen LogP contribution in [0.25, 0.3) is 0 Å². The number of ketones is 1. The van der Waals surface area contributed by atoms with E-state index in [-0.39, 0.29) is 17.9 Å². The molecule has 0 atom stereocenters. The van der Waals surface area contributed by atoms with Crippen LogP contribution in [0.2, 0.25) is 0 Å². The van der Waals surface area contributed by atoms with E-state index in [0.29, 0.717) is 11.3 Å². The summed E-state index contributed by atoms with van der Waals surface area (Å²) in [7, 11) is 0. The van der Waals surface area contributed by atoms with Crippen molar-refractivity contribution in [3.8, 4) is 0 Å². The summed E-state index contributed by atoms with van der Waals surface area (Å²) in [4.78, 5) is 19.7. The normalized spacial score (nSPS) is 11.4. The number of hydrogen-bond acceptors (Lipinski definition) is 3.